The molecule has 0 aromatic heterocycles. The van der Waals surface area contributed by atoms with Gasteiger partial charge < -0.3 is 24.6 Å². The summed E-state index contributed by atoms with van der Waals surface area (Å²) in [5.74, 6) is 0.386. The Labute approximate surface area is 114 Å². The summed E-state index contributed by atoms with van der Waals surface area (Å²) in [6.07, 6.45) is -2.81. The fraction of sp³-hybridized carbons (Fsp3) is 0.727. The molecule has 6 atom stereocenters. The molecule has 2 N–H and O–H groups in total. The zero-order chi connectivity index (χ0) is 14.3. The second-order valence-electron chi connectivity index (χ2n) is 4.69. The number of aliphatic hydroxyl groups is 2. The number of nitrogens with zero attached hydrogens (tertiary/aromatic N) is 4. The maximum Gasteiger partial charge on any atom is 0.218 e. The van der Waals surface area contributed by atoms with Crippen LogP contribution in [0, 0.1) is 0 Å². The van der Waals surface area contributed by atoms with E-state index in [4.69, 9.17) is 14.6 Å². The molecular weight excluding hydrogens is 271 g/mol. The quantitative estimate of drug-likeness (QED) is 0.645. The van der Waals surface area contributed by atoms with Gasteiger partial charge in [-0.15, -0.1) is 0 Å². The van der Waals surface area contributed by atoms with E-state index in [9.17, 15) is 9.50 Å². The van der Waals surface area contributed by atoms with Crippen molar-refractivity contribution >= 4 is 18.6 Å². The van der Waals surface area contributed by atoms with Gasteiger partial charge in [0.2, 0.25) is 5.90 Å². The Balaban J connectivity index is 1.79. The third-order valence-corrected chi connectivity index (χ3v) is 3.58. The van der Waals surface area contributed by atoms with Gasteiger partial charge in [-0.3, -0.25) is 4.99 Å². The van der Waals surface area contributed by atoms with E-state index in [1.807, 2.05) is 0 Å². The number of rotatable bonds is 2. The average molecular weight is 286 g/mol. The van der Waals surface area contributed by atoms with E-state index in [0.717, 1.165) is 0 Å². The van der Waals surface area contributed by atoms with E-state index >= 15 is 0 Å². The van der Waals surface area contributed by atoms with Crippen LogP contribution in [0.3, 0.4) is 0 Å². The van der Waals surface area contributed by atoms with Crippen molar-refractivity contribution in [1.82, 2.24) is 4.90 Å². The van der Waals surface area contributed by atoms with E-state index in [2.05, 4.69) is 15.0 Å². The predicted molar refractivity (Wildman–Crippen MR) is 67.5 cm³/mol. The van der Waals surface area contributed by atoms with Gasteiger partial charge in [0.1, 0.15) is 18.5 Å². The lowest BCUT2D eigenvalue weighted by Gasteiger charge is -2.31. The van der Waals surface area contributed by atoms with Crippen LogP contribution in [0.1, 0.15) is 0 Å². The molecule has 0 aliphatic carbocycles. The lowest BCUT2D eigenvalue weighted by Crippen LogP contribution is -2.49. The highest BCUT2D eigenvalue weighted by molar-refractivity contribution is 5.93. The molecule has 0 spiro atoms. The Hall–Kier alpha value is -1.58. The maximum atomic E-state index is 14.1. The molecule has 0 bridgehead atoms. The standard InChI is InChI=1S/C11H15FN4O4/c1-19-10-7-9(13-3-14-10)16(4-15-7)11-6(12)8(18)5(2-17)20-11/h3-9,11,17-18H,2H2,1H3/t5-,6-,7?,8-,9?,11-/m1/s1. The summed E-state index contributed by atoms with van der Waals surface area (Å²) in [7, 11) is 1.48. The molecule has 20 heavy (non-hydrogen) atoms. The minimum Gasteiger partial charge on any atom is -0.482 e. The summed E-state index contributed by atoms with van der Waals surface area (Å²) in [6, 6.07) is -0.453. The fourth-order valence-corrected chi connectivity index (χ4v) is 2.53. The number of alkyl halides is 1. The Morgan fingerprint density at radius 1 is 1.50 bits per heavy atom. The number of halogens is 1. The van der Waals surface area contributed by atoms with E-state index in [0.29, 0.717) is 5.90 Å². The summed E-state index contributed by atoms with van der Waals surface area (Å²) in [5.41, 5.74) is 0. The van der Waals surface area contributed by atoms with Gasteiger partial charge in [0.25, 0.3) is 0 Å². The SMILES string of the molecule is COC1=NC=NC2C1N=CN2[C@@H]1O[C@H](CO)[C@@H](O)[C@H]1F. The third-order valence-electron chi connectivity index (χ3n) is 3.58. The minimum atomic E-state index is -1.66. The molecule has 1 saturated heterocycles. The summed E-state index contributed by atoms with van der Waals surface area (Å²) in [6.45, 7) is -0.453. The maximum absolute atomic E-state index is 14.1. The van der Waals surface area contributed by atoms with Crippen LogP contribution in [0.4, 0.5) is 4.39 Å². The van der Waals surface area contributed by atoms with E-state index in [1.54, 1.807) is 0 Å². The van der Waals surface area contributed by atoms with Crippen molar-refractivity contribution in [3.63, 3.8) is 0 Å². The first-order valence-electron chi connectivity index (χ1n) is 6.20. The second-order valence-corrected chi connectivity index (χ2v) is 4.69. The normalized spacial score (nSPS) is 42.8. The first-order chi connectivity index (χ1) is 9.67. The van der Waals surface area contributed by atoms with Crippen molar-refractivity contribution in [2.75, 3.05) is 13.7 Å². The molecule has 0 saturated carbocycles. The molecule has 9 heteroatoms. The van der Waals surface area contributed by atoms with Crippen LogP contribution >= 0.6 is 0 Å². The topological polar surface area (TPSA) is 99.2 Å². The molecule has 3 heterocycles. The molecule has 3 aliphatic heterocycles. The van der Waals surface area contributed by atoms with Gasteiger partial charge >= 0.3 is 0 Å². The van der Waals surface area contributed by atoms with Crippen LogP contribution in [-0.4, -0.2) is 84.2 Å². The van der Waals surface area contributed by atoms with Gasteiger partial charge in [-0.1, -0.05) is 0 Å². The van der Waals surface area contributed by atoms with Crippen LogP contribution < -0.4 is 0 Å². The molecule has 1 fully saturated rings. The minimum absolute atomic E-state index is 0.386. The zero-order valence-corrected chi connectivity index (χ0v) is 10.7. The van der Waals surface area contributed by atoms with Gasteiger partial charge in [-0.25, -0.2) is 14.4 Å². The third kappa shape index (κ3) is 1.89. The lowest BCUT2D eigenvalue weighted by atomic mass is 10.1. The number of aliphatic hydroxyl groups excluding tert-OH is 2. The molecule has 2 unspecified atom stereocenters. The van der Waals surface area contributed by atoms with E-state index < -0.39 is 43.4 Å². The summed E-state index contributed by atoms with van der Waals surface area (Å²) in [4.78, 5) is 13.8. The summed E-state index contributed by atoms with van der Waals surface area (Å²) in [5, 5.41) is 18.7. The Kier molecular flexibility index (Phi) is 3.40. The molecule has 3 aliphatic rings. The largest absolute Gasteiger partial charge is 0.482 e. The Morgan fingerprint density at radius 3 is 2.95 bits per heavy atom. The van der Waals surface area contributed by atoms with Gasteiger partial charge in [-0.2, -0.15) is 0 Å². The summed E-state index contributed by atoms with van der Waals surface area (Å²) >= 11 is 0. The zero-order valence-electron chi connectivity index (χ0n) is 10.7. The molecule has 8 nitrogen and oxygen atoms in total. The van der Waals surface area contributed by atoms with Crippen molar-refractivity contribution < 1.29 is 24.1 Å². The molecule has 3 rings (SSSR count). The average Bonchev–Trinajstić information content (AvgIpc) is 3.01. The van der Waals surface area contributed by atoms with Crippen molar-refractivity contribution in [3.05, 3.63) is 0 Å². The van der Waals surface area contributed by atoms with Gasteiger partial charge in [0, 0.05) is 0 Å². The summed E-state index contributed by atoms with van der Waals surface area (Å²) < 4.78 is 24.5. The van der Waals surface area contributed by atoms with E-state index in [-0.39, 0.29) is 0 Å². The highest BCUT2D eigenvalue weighted by Crippen LogP contribution is 2.31. The highest BCUT2D eigenvalue weighted by atomic mass is 19.1. The number of hydrogen-bond donors (Lipinski definition) is 2. The van der Waals surface area contributed by atoms with Gasteiger partial charge in [0.15, 0.2) is 24.6 Å². The fourth-order valence-electron chi connectivity index (χ4n) is 2.53. The number of ether oxygens (including phenoxy) is 2. The van der Waals surface area contributed by atoms with Crippen molar-refractivity contribution in [2.45, 2.75) is 36.8 Å². The van der Waals surface area contributed by atoms with Crippen LogP contribution in [0.2, 0.25) is 0 Å². The number of methoxy groups -OCH3 is 1. The van der Waals surface area contributed by atoms with Crippen LogP contribution in [0.15, 0.2) is 15.0 Å². The monoisotopic (exact) mass is 286 g/mol. The van der Waals surface area contributed by atoms with Crippen LogP contribution in [-0.2, 0) is 9.47 Å². The van der Waals surface area contributed by atoms with E-state index in [1.165, 1.54) is 24.7 Å². The predicted octanol–water partition coefficient (Wildman–Crippen LogP) is -1.47. The van der Waals surface area contributed by atoms with Crippen molar-refractivity contribution in [2.24, 2.45) is 15.0 Å². The lowest BCUT2D eigenvalue weighted by molar-refractivity contribution is -0.0694. The van der Waals surface area contributed by atoms with Crippen LogP contribution in [0.5, 0.6) is 0 Å². The van der Waals surface area contributed by atoms with Crippen molar-refractivity contribution in [1.29, 1.82) is 0 Å². The van der Waals surface area contributed by atoms with Crippen molar-refractivity contribution in [3.8, 4) is 0 Å². The van der Waals surface area contributed by atoms with Gasteiger partial charge in [0.05, 0.1) is 20.1 Å². The second kappa shape index (κ2) is 5.08. The Bertz CT molecular complexity index is 471. The van der Waals surface area contributed by atoms with Crippen LogP contribution in [0.25, 0.3) is 0 Å². The first-order valence-corrected chi connectivity index (χ1v) is 6.20. The first kappa shape index (κ1) is 13.4. The number of fused-ring (bicyclic) bond motifs is 1. The molecule has 110 valence electrons. The smallest absolute Gasteiger partial charge is 0.218 e. The number of aliphatic imine (C=N–C) groups is 3. The molecular formula is C11H15FN4O4. The molecule has 0 aromatic rings. The molecule has 0 aromatic carbocycles. The molecule has 0 amide bonds. The molecule has 0 radical (unpaired) electrons. The van der Waals surface area contributed by atoms with Gasteiger partial charge in [-0.05, 0) is 0 Å². The Morgan fingerprint density at radius 2 is 2.30 bits per heavy atom. The number of hydrogen-bond acceptors (Lipinski definition) is 8. The highest BCUT2D eigenvalue weighted by Gasteiger charge is 2.51.